The van der Waals surface area contributed by atoms with Crippen LogP contribution in [0.1, 0.15) is 22.8 Å². The number of carbonyl (C=O) groups is 1. The summed E-state index contributed by atoms with van der Waals surface area (Å²) in [4.78, 5) is 12.0. The fourth-order valence-corrected chi connectivity index (χ4v) is 2.19. The minimum absolute atomic E-state index is 0.205. The summed E-state index contributed by atoms with van der Waals surface area (Å²) in [7, 11) is 0. The number of hydrogen-bond acceptors (Lipinski definition) is 2. The molecule has 1 N–H and O–H groups in total. The normalized spacial score (nSPS) is 12.1. The molecule has 2 aromatic rings. The zero-order valence-electron chi connectivity index (χ0n) is 12.1. The number of nitrogens with one attached hydrogen (secondary N) is 1. The first-order valence-electron chi connectivity index (χ1n) is 6.69. The van der Waals surface area contributed by atoms with Crippen LogP contribution in [0.25, 0.3) is 0 Å². The predicted octanol–water partition coefficient (Wildman–Crippen LogP) is 5.56. The molecule has 0 bridgehead atoms. The summed E-state index contributed by atoms with van der Waals surface area (Å²) in [6.45, 7) is 1.60. The molecule has 23 heavy (non-hydrogen) atoms. The van der Waals surface area contributed by atoms with Crippen LogP contribution >= 0.6 is 11.6 Å². The highest BCUT2D eigenvalue weighted by Gasteiger charge is 2.33. The van der Waals surface area contributed by atoms with Gasteiger partial charge in [0, 0.05) is 23.0 Å². The molecule has 0 spiro atoms. The van der Waals surface area contributed by atoms with Crippen molar-refractivity contribution < 1.29 is 18.0 Å². The van der Waals surface area contributed by atoms with Gasteiger partial charge in [0.05, 0.1) is 10.6 Å². The minimum atomic E-state index is -4.54. The number of rotatable bonds is 4. The van der Waals surface area contributed by atoms with Gasteiger partial charge in [-0.1, -0.05) is 41.9 Å². The molecule has 0 aliphatic rings. The minimum Gasteiger partial charge on any atom is -0.359 e. The molecule has 0 saturated carbocycles. The van der Waals surface area contributed by atoms with Crippen LogP contribution in [-0.4, -0.2) is 5.78 Å². The second-order valence-electron chi connectivity index (χ2n) is 4.88. The Balaban J connectivity index is 2.19. The SMILES string of the molecule is CC(=CC(=O)c1ccccc1)Nc1ccc(Cl)c(C(F)(F)F)c1. The van der Waals surface area contributed by atoms with E-state index >= 15 is 0 Å². The second-order valence-corrected chi connectivity index (χ2v) is 5.28. The number of alkyl halides is 3. The quantitative estimate of drug-likeness (QED) is 0.584. The molecule has 2 nitrogen and oxygen atoms in total. The van der Waals surface area contributed by atoms with E-state index in [4.69, 9.17) is 11.6 Å². The van der Waals surface area contributed by atoms with Crippen molar-refractivity contribution in [3.8, 4) is 0 Å². The lowest BCUT2D eigenvalue weighted by molar-refractivity contribution is -0.137. The molecule has 0 aliphatic carbocycles. The molecule has 0 saturated heterocycles. The van der Waals surface area contributed by atoms with Crippen LogP contribution in [0.3, 0.4) is 0 Å². The standard InChI is InChI=1S/C17H13ClF3NO/c1-11(9-16(23)12-5-3-2-4-6-12)22-13-7-8-15(18)14(10-13)17(19,20)21/h2-10,22H,1H3. The second kappa shape index (κ2) is 6.87. The van der Waals surface area contributed by atoms with Gasteiger partial charge in [-0.25, -0.2) is 0 Å². The first kappa shape index (κ1) is 17.1. The topological polar surface area (TPSA) is 29.1 Å². The van der Waals surface area contributed by atoms with Crippen molar-refractivity contribution in [3.63, 3.8) is 0 Å². The molecule has 2 rings (SSSR count). The maximum Gasteiger partial charge on any atom is 0.417 e. The van der Waals surface area contributed by atoms with Crippen LogP contribution in [0.4, 0.5) is 18.9 Å². The van der Waals surface area contributed by atoms with Crippen molar-refractivity contribution in [3.05, 3.63) is 76.5 Å². The third kappa shape index (κ3) is 4.60. The molecule has 2 aromatic carbocycles. The van der Waals surface area contributed by atoms with Crippen LogP contribution in [0.2, 0.25) is 5.02 Å². The highest BCUT2D eigenvalue weighted by molar-refractivity contribution is 6.31. The van der Waals surface area contributed by atoms with Crippen molar-refractivity contribution in [2.75, 3.05) is 5.32 Å². The number of benzene rings is 2. The number of anilines is 1. The molecule has 0 fully saturated rings. The van der Waals surface area contributed by atoms with Crippen LogP contribution in [0, 0.1) is 0 Å². The van der Waals surface area contributed by atoms with Gasteiger partial charge in [-0.3, -0.25) is 4.79 Å². The summed E-state index contributed by atoms with van der Waals surface area (Å²) in [5, 5.41) is 2.39. The molecular weight excluding hydrogens is 327 g/mol. The average Bonchev–Trinajstić information content (AvgIpc) is 2.49. The van der Waals surface area contributed by atoms with E-state index in [0.717, 1.165) is 6.07 Å². The maximum absolute atomic E-state index is 12.8. The summed E-state index contributed by atoms with van der Waals surface area (Å²) in [5.41, 5.74) is 0.206. The molecule has 120 valence electrons. The van der Waals surface area contributed by atoms with Crippen molar-refractivity contribution in [1.82, 2.24) is 0 Å². The fourth-order valence-electron chi connectivity index (χ4n) is 1.97. The van der Waals surface area contributed by atoms with Crippen molar-refractivity contribution in [2.45, 2.75) is 13.1 Å². The van der Waals surface area contributed by atoms with E-state index in [0.29, 0.717) is 11.3 Å². The Labute approximate surface area is 136 Å². The van der Waals surface area contributed by atoms with Gasteiger partial charge in [0.25, 0.3) is 0 Å². The molecule has 0 aromatic heterocycles. The zero-order valence-corrected chi connectivity index (χ0v) is 12.9. The van der Waals surface area contributed by atoms with E-state index in [9.17, 15) is 18.0 Å². The van der Waals surface area contributed by atoms with E-state index < -0.39 is 11.7 Å². The van der Waals surface area contributed by atoms with Gasteiger partial charge in [0.15, 0.2) is 5.78 Å². The lowest BCUT2D eigenvalue weighted by atomic mass is 10.1. The Morgan fingerprint density at radius 2 is 1.78 bits per heavy atom. The van der Waals surface area contributed by atoms with E-state index in [-0.39, 0.29) is 16.5 Å². The summed E-state index contributed by atoms with van der Waals surface area (Å²) in [5.74, 6) is -0.236. The molecule has 0 heterocycles. The average molecular weight is 340 g/mol. The highest BCUT2D eigenvalue weighted by atomic mass is 35.5. The highest BCUT2D eigenvalue weighted by Crippen LogP contribution is 2.36. The molecule has 0 radical (unpaired) electrons. The smallest absolute Gasteiger partial charge is 0.359 e. The largest absolute Gasteiger partial charge is 0.417 e. The first-order chi connectivity index (χ1) is 10.8. The monoisotopic (exact) mass is 339 g/mol. The van der Waals surface area contributed by atoms with Crippen LogP contribution < -0.4 is 5.32 Å². The van der Waals surface area contributed by atoms with Gasteiger partial charge in [0.2, 0.25) is 0 Å². The Morgan fingerprint density at radius 3 is 2.39 bits per heavy atom. The van der Waals surface area contributed by atoms with E-state index in [2.05, 4.69) is 5.32 Å². The molecular formula is C17H13ClF3NO. The predicted molar refractivity (Wildman–Crippen MR) is 84.6 cm³/mol. The summed E-state index contributed by atoms with van der Waals surface area (Å²) in [6.07, 6.45) is -3.20. The van der Waals surface area contributed by atoms with Gasteiger partial charge >= 0.3 is 6.18 Å². The number of hydrogen-bond donors (Lipinski definition) is 1. The number of allylic oxidation sites excluding steroid dienone is 2. The van der Waals surface area contributed by atoms with E-state index in [1.54, 1.807) is 37.3 Å². The van der Waals surface area contributed by atoms with Crippen LogP contribution in [0.5, 0.6) is 0 Å². The van der Waals surface area contributed by atoms with Gasteiger partial charge in [0.1, 0.15) is 0 Å². The van der Waals surface area contributed by atoms with Crippen molar-refractivity contribution >= 4 is 23.1 Å². The van der Waals surface area contributed by atoms with Gasteiger partial charge in [-0.05, 0) is 25.1 Å². The van der Waals surface area contributed by atoms with Crippen LogP contribution in [0.15, 0.2) is 60.3 Å². The first-order valence-corrected chi connectivity index (χ1v) is 7.06. The summed E-state index contributed by atoms with van der Waals surface area (Å²) < 4.78 is 38.4. The van der Waals surface area contributed by atoms with Gasteiger partial charge in [-0.15, -0.1) is 0 Å². The Morgan fingerprint density at radius 1 is 1.13 bits per heavy atom. The third-order valence-corrected chi connectivity index (χ3v) is 3.35. The Kier molecular flexibility index (Phi) is 5.11. The van der Waals surface area contributed by atoms with Gasteiger partial charge < -0.3 is 5.32 Å². The maximum atomic E-state index is 12.8. The van der Waals surface area contributed by atoms with Crippen molar-refractivity contribution in [2.24, 2.45) is 0 Å². The fraction of sp³-hybridized carbons (Fsp3) is 0.118. The van der Waals surface area contributed by atoms with E-state index in [1.165, 1.54) is 18.2 Å². The molecule has 0 aliphatic heterocycles. The summed E-state index contributed by atoms with van der Waals surface area (Å²) >= 11 is 5.57. The van der Waals surface area contributed by atoms with Gasteiger partial charge in [-0.2, -0.15) is 13.2 Å². The third-order valence-electron chi connectivity index (χ3n) is 3.02. The number of carbonyl (C=O) groups excluding carboxylic acids is 1. The number of ketones is 1. The Hall–Kier alpha value is -2.27. The molecule has 0 unspecified atom stereocenters. The van der Waals surface area contributed by atoms with Crippen molar-refractivity contribution in [1.29, 1.82) is 0 Å². The lowest BCUT2D eigenvalue weighted by Crippen LogP contribution is -2.07. The van der Waals surface area contributed by atoms with Crippen LogP contribution in [-0.2, 0) is 6.18 Å². The molecule has 0 amide bonds. The lowest BCUT2D eigenvalue weighted by Gasteiger charge is -2.12. The number of halogens is 4. The van der Waals surface area contributed by atoms with E-state index in [1.807, 2.05) is 0 Å². The molecule has 6 heteroatoms. The molecule has 0 atom stereocenters. The zero-order chi connectivity index (χ0) is 17.0. The Bertz CT molecular complexity index is 739. The summed E-state index contributed by atoms with van der Waals surface area (Å²) in [6, 6.07) is 12.1.